The largest absolute Gasteiger partial charge is 0.342 e. The van der Waals surface area contributed by atoms with Gasteiger partial charge in [0.05, 0.1) is 115 Å². The number of carbonyl (C=O) groups is 4. The standard InChI is InChI=1S/3C18H14ClFN4O.C17H16N4OS/c1-24(15-9-21-11-22-10-15)17-6-12(2-3-16(17)20)18(25)8-14-7-13(19)4-5-23-14;1-24(16-9-21-11-22-10-16)15-6-12(5-13(19)7-15)17(25)8-14-3-2-4-18(20)23-14;1-24(14-9-21-11-22-10-14)16-7-12(5-6-15(16)20)17(25)8-13-3-2-4-18(19)23-13;1-12-10-23-17(20-12)7-16(22)13-4-3-5-14(6-13)21(2)15-8-18-11-19-9-15/h3*2-7,9-11H,8H2,1H3;3-6,8-11H,7H2,1-2H3. The average molecular weight is 1390 g/mol. The van der Waals surface area contributed by atoms with Gasteiger partial charge in [0.25, 0.3) is 0 Å². The van der Waals surface area contributed by atoms with E-state index in [0.717, 1.165) is 33.5 Å². The first-order valence-corrected chi connectivity index (χ1v) is 31.6. The summed E-state index contributed by atoms with van der Waals surface area (Å²) >= 11 is 19.4. The van der Waals surface area contributed by atoms with Crippen LogP contribution in [0.15, 0.2) is 214 Å². The molecule has 494 valence electrons. The first kappa shape index (κ1) is 71.1. The number of hydrogen-bond donors (Lipinski definition) is 0. The van der Waals surface area contributed by atoms with Crippen molar-refractivity contribution in [3.05, 3.63) is 297 Å². The molecule has 0 N–H and O–H groups in total. The number of thiazole rings is 1. The van der Waals surface area contributed by atoms with E-state index in [1.807, 2.05) is 60.5 Å². The van der Waals surface area contributed by atoms with Gasteiger partial charge in [0, 0.05) is 101 Å². The van der Waals surface area contributed by atoms with Gasteiger partial charge < -0.3 is 19.6 Å². The van der Waals surface area contributed by atoms with Gasteiger partial charge in [-0.05, 0) is 110 Å². The zero-order valence-corrected chi connectivity index (χ0v) is 56.1. The molecule has 27 heteroatoms. The minimum Gasteiger partial charge on any atom is -0.342 e. The molecule has 0 spiro atoms. The maximum atomic E-state index is 14.2. The van der Waals surface area contributed by atoms with E-state index in [1.165, 1.54) is 85.2 Å². The molecule has 20 nitrogen and oxygen atoms in total. The Bertz CT molecular complexity index is 4560. The van der Waals surface area contributed by atoms with Crippen molar-refractivity contribution in [3.8, 4) is 0 Å². The van der Waals surface area contributed by atoms with Crippen molar-refractivity contribution in [3.63, 3.8) is 0 Å². The Morgan fingerprint density at radius 2 is 0.857 bits per heavy atom. The summed E-state index contributed by atoms with van der Waals surface area (Å²) in [4.78, 5) is 105. The Hall–Kier alpha value is -11.2. The molecule has 0 fully saturated rings. The van der Waals surface area contributed by atoms with Gasteiger partial charge >= 0.3 is 0 Å². The molecule has 0 aliphatic rings. The van der Waals surface area contributed by atoms with Gasteiger partial charge in [-0.3, -0.25) is 24.2 Å². The van der Waals surface area contributed by atoms with Crippen LogP contribution in [-0.4, -0.2) is 111 Å². The van der Waals surface area contributed by atoms with Crippen LogP contribution in [-0.2, 0) is 25.7 Å². The number of anilines is 8. The molecule has 0 radical (unpaired) electrons. The summed E-state index contributed by atoms with van der Waals surface area (Å²) in [5.41, 5.74) is 9.36. The van der Waals surface area contributed by atoms with E-state index < -0.39 is 17.6 Å². The highest BCUT2D eigenvalue weighted by Crippen LogP contribution is 2.31. The second kappa shape index (κ2) is 34.5. The number of pyridine rings is 3. The van der Waals surface area contributed by atoms with Crippen molar-refractivity contribution in [1.29, 1.82) is 0 Å². The lowest BCUT2D eigenvalue weighted by atomic mass is 10.0. The monoisotopic (exact) mass is 1390 g/mol. The Morgan fingerprint density at radius 3 is 1.36 bits per heavy atom. The van der Waals surface area contributed by atoms with Gasteiger partial charge in [-0.15, -0.1) is 11.3 Å². The highest BCUT2D eigenvalue weighted by atomic mass is 35.5. The van der Waals surface area contributed by atoms with E-state index in [-0.39, 0.29) is 53.8 Å². The van der Waals surface area contributed by atoms with Gasteiger partial charge in [-0.2, -0.15) is 4.39 Å². The van der Waals surface area contributed by atoms with Crippen molar-refractivity contribution in [2.24, 2.45) is 0 Å². The highest BCUT2D eigenvalue weighted by Gasteiger charge is 2.20. The highest BCUT2D eigenvalue weighted by molar-refractivity contribution is 7.09. The Balaban J connectivity index is 0.000000153. The maximum absolute atomic E-state index is 14.2. The van der Waals surface area contributed by atoms with Crippen molar-refractivity contribution in [2.75, 3.05) is 47.8 Å². The van der Waals surface area contributed by atoms with Gasteiger partial charge in [-0.25, -0.2) is 63.6 Å². The van der Waals surface area contributed by atoms with Crippen LogP contribution < -0.4 is 19.6 Å². The quantitative estimate of drug-likeness (QED) is 0.0509. The summed E-state index contributed by atoms with van der Waals surface area (Å²) in [7, 11) is 7.12. The molecule has 0 aliphatic heterocycles. The molecule has 12 aromatic rings. The number of nitrogens with zero attached hydrogens (tertiary/aromatic N) is 16. The third kappa shape index (κ3) is 20.2. The molecular formula is C71H58Cl3F3N16O4S. The summed E-state index contributed by atoms with van der Waals surface area (Å²) in [5.74, 6) is -1.96. The zero-order valence-electron chi connectivity index (χ0n) is 53.0. The predicted molar refractivity (Wildman–Crippen MR) is 373 cm³/mol. The fourth-order valence-corrected chi connectivity index (χ4v) is 10.7. The lowest BCUT2D eigenvalue weighted by molar-refractivity contribution is 0.0983. The molecule has 0 unspecified atom stereocenters. The van der Waals surface area contributed by atoms with Crippen molar-refractivity contribution in [1.82, 2.24) is 59.8 Å². The second-order valence-corrected chi connectivity index (χ2v) is 23.6. The number of rotatable bonds is 20. The molecule has 0 bridgehead atoms. The maximum Gasteiger partial charge on any atom is 0.213 e. The van der Waals surface area contributed by atoms with Crippen molar-refractivity contribution >= 4 is 115 Å². The molecule has 0 atom stereocenters. The summed E-state index contributed by atoms with van der Waals surface area (Å²) in [5, 5.41) is 4.08. The smallest absolute Gasteiger partial charge is 0.213 e. The third-order valence-corrected chi connectivity index (χ3v) is 16.1. The number of hydrogen-bond acceptors (Lipinski definition) is 21. The molecule has 0 amide bonds. The predicted octanol–water partition coefficient (Wildman–Crippen LogP) is 15.0. The molecule has 0 saturated carbocycles. The summed E-state index contributed by atoms with van der Waals surface area (Å²) < 4.78 is 41.6. The average Bonchev–Trinajstić information content (AvgIpc) is 0.959. The molecule has 0 saturated heterocycles. The van der Waals surface area contributed by atoms with Crippen LogP contribution in [0.4, 0.5) is 58.7 Å². The normalized spacial score (nSPS) is 10.5. The zero-order chi connectivity index (χ0) is 69.7. The molecule has 0 aliphatic carbocycles. The van der Waals surface area contributed by atoms with Gasteiger partial charge in [0.1, 0.15) is 47.1 Å². The number of aryl methyl sites for hydroxylation is 1. The topological polar surface area (TPSA) is 236 Å². The third-order valence-electron chi connectivity index (χ3n) is 14.5. The van der Waals surface area contributed by atoms with E-state index >= 15 is 0 Å². The van der Waals surface area contributed by atoms with Crippen molar-refractivity contribution in [2.45, 2.75) is 32.6 Å². The number of Topliss-reactive ketones (excluding diaryl/α,β-unsaturated/α-hetero) is 4. The number of halogens is 6. The Labute approximate surface area is 580 Å². The van der Waals surface area contributed by atoms with E-state index in [2.05, 4.69) is 59.8 Å². The Kier molecular flexibility index (Phi) is 25.0. The minimum atomic E-state index is -0.610. The summed E-state index contributed by atoms with van der Waals surface area (Å²) in [6.07, 6.45) is 20.8. The Morgan fingerprint density at radius 1 is 0.408 bits per heavy atom. The van der Waals surface area contributed by atoms with Crippen LogP contribution in [0.5, 0.6) is 0 Å². The minimum absolute atomic E-state index is 0.00426. The van der Waals surface area contributed by atoms with Gasteiger partial charge in [-0.1, -0.05) is 59.1 Å². The number of aromatic nitrogens is 12. The summed E-state index contributed by atoms with van der Waals surface area (Å²) in [6.45, 7) is 1.93. The molecular weight excluding hydrogens is 1340 g/mol. The number of benzene rings is 4. The lowest BCUT2D eigenvalue weighted by Crippen LogP contribution is -2.13. The SMILES string of the molecule is CN(c1cncnc1)c1cc(C(=O)Cc2cc(Cl)ccn2)ccc1F.CN(c1cncnc1)c1cc(C(=O)Cc2cccc(Cl)n2)ccc1F.CN(c1cncnc1)c1cc(Cl)cc(C(=O)Cc2cccc(F)n2)c1.Cc1csc(CC(=O)c2cccc(N(C)c3cncnc3)c2)n1. The fourth-order valence-electron chi connectivity index (χ4n) is 9.30. The van der Waals surface area contributed by atoms with Crippen LogP contribution in [0.3, 0.4) is 0 Å². The van der Waals surface area contributed by atoms with E-state index in [9.17, 15) is 32.3 Å². The van der Waals surface area contributed by atoms with Gasteiger partial charge in [0.2, 0.25) is 5.95 Å². The van der Waals surface area contributed by atoms with Crippen LogP contribution in [0.2, 0.25) is 15.2 Å². The first-order valence-electron chi connectivity index (χ1n) is 29.6. The fraction of sp³-hybridized carbons (Fsp3) is 0.127. The number of carbonyl (C=O) groups excluding carboxylic acids is 4. The van der Waals surface area contributed by atoms with Crippen LogP contribution in [0.1, 0.15) is 69.2 Å². The molecule has 98 heavy (non-hydrogen) atoms. The van der Waals surface area contributed by atoms with E-state index in [0.29, 0.717) is 72.3 Å². The van der Waals surface area contributed by atoms with E-state index in [1.54, 1.807) is 134 Å². The molecule has 8 heterocycles. The van der Waals surface area contributed by atoms with Crippen molar-refractivity contribution < 1.29 is 32.3 Å². The molecule has 8 aromatic heterocycles. The van der Waals surface area contributed by atoms with Crippen LogP contribution in [0, 0.1) is 24.5 Å². The molecule has 4 aromatic carbocycles. The van der Waals surface area contributed by atoms with Crippen LogP contribution >= 0.6 is 46.1 Å². The number of ketones is 4. The lowest BCUT2D eigenvalue weighted by Gasteiger charge is -2.19. The molecule has 12 rings (SSSR count). The van der Waals surface area contributed by atoms with E-state index in [4.69, 9.17) is 34.8 Å². The summed E-state index contributed by atoms with van der Waals surface area (Å²) in [6, 6.07) is 33.8. The van der Waals surface area contributed by atoms with Crippen LogP contribution in [0.25, 0.3) is 0 Å². The second-order valence-electron chi connectivity index (χ2n) is 21.4. The first-order chi connectivity index (χ1) is 47.2. The van der Waals surface area contributed by atoms with Gasteiger partial charge in [0.15, 0.2) is 23.1 Å².